The molecule has 0 bridgehead atoms. The molecule has 0 spiro atoms. The van der Waals surface area contributed by atoms with E-state index in [4.69, 9.17) is 21.4 Å². The number of aliphatic carboxylic acids is 1. The second-order valence-corrected chi connectivity index (χ2v) is 9.41. The smallest absolute Gasteiger partial charge is 0.341 e. The molecule has 1 amide bonds. The minimum absolute atomic E-state index is 0.0236. The number of nitrogens with zero attached hydrogens (tertiary/aromatic N) is 2. The van der Waals surface area contributed by atoms with Crippen LogP contribution in [0.1, 0.15) is 27.7 Å². The van der Waals surface area contributed by atoms with Crippen molar-refractivity contribution in [3.8, 4) is 5.75 Å². The number of hydrogen-bond donors (Lipinski definition) is 1. The Morgan fingerprint density at radius 2 is 1.97 bits per heavy atom. The van der Waals surface area contributed by atoms with Crippen molar-refractivity contribution in [3.63, 3.8) is 0 Å². The van der Waals surface area contributed by atoms with Gasteiger partial charge >= 0.3 is 5.97 Å². The first kappa shape index (κ1) is 22.4. The third-order valence-electron chi connectivity index (χ3n) is 5.98. The van der Waals surface area contributed by atoms with Gasteiger partial charge in [-0.3, -0.25) is 4.79 Å². The average molecular weight is 493 g/mol. The number of amides is 1. The first-order chi connectivity index (χ1) is 16.5. The summed E-state index contributed by atoms with van der Waals surface area (Å²) in [7, 11) is 0. The number of benzene rings is 3. The second-order valence-electron chi connectivity index (χ2n) is 8.08. The third-order valence-corrected chi connectivity index (χ3v) is 7.14. The van der Waals surface area contributed by atoms with Crippen LogP contribution in [0, 0.1) is 0 Å². The Labute approximate surface area is 205 Å². The molecule has 34 heavy (non-hydrogen) atoms. The Kier molecular flexibility index (Phi) is 6.22. The number of fused-ring (bicyclic) bond motifs is 2. The van der Waals surface area contributed by atoms with Gasteiger partial charge in [-0.1, -0.05) is 54.1 Å². The first-order valence-corrected chi connectivity index (χ1v) is 12.1. The van der Waals surface area contributed by atoms with Crippen molar-refractivity contribution in [2.24, 2.45) is 0 Å². The number of carboxylic acid groups (broad SMARTS) is 1. The molecule has 172 valence electrons. The Balaban J connectivity index is 1.54. The molecule has 5 rings (SSSR count). The molecule has 0 saturated heterocycles. The van der Waals surface area contributed by atoms with Crippen LogP contribution in [0.4, 0.5) is 0 Å². The molecule has 0 saturated carbocycles. The van der Waals surface area contributed by atoms with E-state index in [2.05, 4.69) is 4.98 Å². The van der Waals surface area contributed by atoms with Crippen molar-refractivity contribution in [3.05, 3.63) is 92.9 Å². The molecule has 1 aliphatic heterocycles. The van der Waals surface area contributed by atoms with E-state index in [0.717, 1.165) is 26.9 Å². The molecule has 1 aromatic heterocycles. The summed E-state index contributed by atoms with van der Waals surface area (Å²) >= 11 is 7.81. The maximum Gasteiger partial charge on any atom is 0.341 e. The van der Waals surface area contributed by atoms with Gasteiger partial charge in [-0.05, 0) is 34.5 Å². The number of carboxylic acids is 1. The van der Waals surface area contributed by atoms with Gasteiger partial charge in [0.15, 0.2) is 6.61 Å². The lowest BCUT2D eigenvalue weighted by Crippen LogP contribution is -2.41. The fourth-order valence-electron chi connectivity index (χ4n) is 4.48. The van der Waals surface area contributed by atoms with Crippen LogP contribution >= 0.6 is 22.9 Å². The van der Waals surface area contributed by atoms with Gasteiger partial charge in [0.05, 0.1) is 28.5 Å². The van der Waals surface area contributed by atoms with E-state index >= 15 is 0 Å². The van der Waals surface area contributed by atoms with Crippen LogP contribution in [-0.4, -0.2) is 40.0 Å². The Morgan fingerprint density at radius 1 is 1.15 bits per heavy atom. The number of hydrogen-bond acceptors (Lipinski definition) is 5. The fourth-order valence-corrected chi connectivity index (χ4v) is 5.63. The Bertz CT molecular complexity index is 1380. The van der Waals surface area contributed by atoms with Crippen LogP contribution in [0.5, 0.6) is 5.75 Å². The normalized spacial score (nSPS) is 15.2. The van der Waals surface area contributed by atoms with Crippen LogP contribution in [0.15, 0.2) is 66.2 Å². The lowest BCUT2D eigenvalue weighted by Gasteiger charge is -2.36. The molecular weight excluding hydrogens is 472 g/mol. The molecule has 0 fully saturated rings. The SMILES string of the molecule is O=C(O)COc1ccc(Cl)cc1C1c2scnc2CCN1C(=O)Cc1cccc2ccccc12. The van der Waals surface area contributed by atoms with Crippen LogP contribution in [0.3, 0.4) is 0 Å². The van der Waals surface area contributed by atoms with Crippen molar-refractivity contribution in [2.45, 2.75) is 18.9 Å². The fraction of sp³-hybridized carbons (Fsp3) is 0.192. The van der Waals surface area contributed by atoms with E-state index in [1.54, 1.807) is 23.7 Å². The molecule has 0 aliphatic carbocycles. The van der Waals surface area contributed by atoms with Crippen molar-refractivity contribution >= 4 is 45.6 Å². The maximum atomic E-state index is 13.7. The number of carbonyl (C=O) groups is 2. The lowest BCUT2D eigenvalue weighted by molar-refractivity contribution is -0.139. The number of thiazole rings is 1. The molecule has 1 atom stereocenters. The number of ether oxygens (including phenoxy) is 1. The van der Waals surface area contributed by atoms with Gasteiger partial charge < -0.3 is 14.7 Å². The first-order valence-electron chi connectivity index (χ1n) is 10.8. The highest BCUT2D eigenvalue weighted by Gasteiger charge is 2.36. The van der Waals surface area contributed by atoms with Crippen molar-refractivity contribution < 1.29 is 19.4 Å². The Hall–Kier alpha value is -3.42. The number of halogens is 1. The zero-order valence-electron chi connectivity index (χ0n) is 18.1. The zero-order valence-corrected chi connectivity index (χ0v) is 19.7. The number of aromatic nitrogens is 1. The molecule has 1 unspecified atom stereocenters. The van der Waals surface area contributed by atoms with E-state index in [1.165, 1.54) is 11.3 Å². The summed E-state index contributed by atoms with van der Waals surface area (Å²) in [4.78, 5) is 32.1. The van der Waals surface area contributed by atoms with Gasteiger partial charge in [-0.15, -0.1) is 11.3 Å². The van der Waals surface area contributed by atoms with Crippen molar-refractivity contribution in [1.29, 1.82) is 0 Å². The summed E-state index contributed by atoms with van der Waals surface area (Å²) in [6.45, 7) is 0.0106. The summed E-state index contributed by atoms with van der Waals surface area (Å²) in [5.41, 5.74) is 4.34. The minimum atomic E-state index is -1.08. The quantitative estimate of drug-likeness (QED) is 0.403. The van der Waals surface area contributed by atoms with Crippen molar-refractivity contribution in [2.75, 3.05) is 13.2 Å². The molecule has 2 heterocycles. The summed E-state index contributed by atoms with van der Waals surface area (Å²) < 4.78 is 5.59. The summed E-state index contributed by atoms with van der Waals surface area (Å²) in [6, 6.07) is 18.6. The van der Waals surface area contributed by atoms with Crippen LogP contribution in [0.25, 0.3) is 10.8 Å². The summed E-state index contributed by atoms with van der Waals surface area (Å²) in [5, 5.41) is 11.7. The van der Waals surface area contributed by atoms with E-state index in [1.807, 2.05) is 47.4 Å². The Morgan fingerprint density at radius 3 is 2.82 bits per heavy atom. The monoisotopic (exact) mass is 492 g/mol. The lowest BCUT2D eigenvalue weighted by atomic mass is 9.95. The average Bonchev–Trinajstić information content (AvgIpc) is 3.32. The topological polar surface area (TPSA) is 79.7 Å². The highest BCUT2D eigenvalue weighted by molar-refractivity contribution is 7.09. The molecule has 3 aromatic carbocycles. The highest BCUT2D eigenvalue weighted by Crippen LogP contribution is 2.42. The molecule has 1 aliphatic rings. The molecule has 0 radical (unpaired) electrons. The third kappa shape index (κ3) is 4.36. The van der Waals surface area contributed by atoms with Gasteiger partial charge in [0.2, 0.25) is 5.91 Å². The molecule has 8 heteroatoms. The van der Waals surface area contributed by atoms with Gasteiger partial charge in [0.25, 0.3) is 0 Å². The van der Waals surface area contributed by atoms with Gasteiger partial charge in [-0.25, -0.2) is 9.78 Å². The van der Waals surface area contributed by atoms with Crippen LogP contribution in [-0.2, 0) is 22.4 Å². The minimum Gasteiger partial charge on any atom is -0.482 e. The van der Waals surface area contributed by atoms with E-state index < -0.39 is 18.6 Å². The number of rotatable bonds is 6. The van der Waals surface area contributed by atoms with Gasteiger partial charge in [0.1, 0.15) is 5.75 Å². The second kappa shape index (κ2) is 9.44. The molecule has 4 aromatic rings. The van der Waals surface area contributed by atoms with E-state index in [9.17, 15) is 9.59 Å². The highest BCUT2D eigenvalue weighted by atomic mass is 35.5. The summed E-state index contributed by atoms with van der Waals surface area (Å²) in [6.07, 6.45) is 0.903. The van der Waals surface area contributed by atoms with Gasteiger partial charge in [0, 0.05) is 23.6 Å². The number of carbonyl (C=O) groups excluding carboxylic acids is 1. The maximum absolute atomic E-state index is 13.7. The van der Waals surface area contributed by atoms with E-state index in [0.29, 0.717) is 29.3 Å². The zero-order chi connectivity index (χ0) is 23.7. The molecular formula is C26H21ClN2O4S. The van der Waals surface area contributed by atoms with Crippen LogP contribution in [0.2, 0.25) is 5.02 Å². The predicted octanol–water partition coefficient (Wildman–Crippen LogP) is 5.13. The predicted molar refractivity (Wildman–Crippen MR) is 132 cm³/mol. The molecule has 1 N–H and O–H groups in total. The van der Waals surface area contributed by atoms with Crippen LogP contribution < -0.4 is 4.74 Å². The van der Waals surface area contributed by atoms with Crippen molar-refractivity contribution in [1.82, 2.24) is 9.88 Å². The largest absolute Gasteiger partial charge is 0.482 e. The van der Waals surface area contributed by atoms with Gasteiger partial charge in [-0.2, -0.15) is 0 Å². The standard InChI is InChI=1S/C26H21ClN2O4S/c27-18-8-9-22(33-14-24(31)32)20(13-18)25-26-21(28-15-34-26)10-11-29(25)23(30)12-17-6-3-5-16-4-1-2-7-19(16)17/h1-9,13,15,25H,10-12,14H2,(H,31,32). The summed E-state index contributed by atoms with van der Waals surface area (Å²) in [5.74, 6) is -0.711. The molecule has 6 nitrogen and oxygen atoms in total. The van der Waals surface area contributed by atoms with E-state index in [-0.39, 0.29) is 12.3 Å².